The Hall–Kier alpha value is -0.480. The number of carbonyl (C=O) groups excluding carboxylic acids is 1. The van der Waals surface area contributed by atoms with Crippen molar-refractivity contribution < 1.29 is 4.79 Å². The molecule has 1 fully saturated rings. The first kappa shape index (κ1) is 12.0. The maximum absolute atomic E-state index is 11.8. The Morgan fingerprint density at radius 1 is 1.62 bits per heavy atom. The molecule has 0 saturated carbocycles. The zero-order valence-electron chi connectivity index (χ0n) is 9.63. The predicted octanol–water partition coefficient (Wildman–Crippen LogP) is 1.31. The summed E-state index contributed by atoms with van der Waals surface area (Å²) < 4.78 is 0. The van der Waals surface area contributed by atoms with Gasteiger partial charge in [-0.05, 0) is 25.7 Å². The first-order valence-corrected chi connectivity index (χ1v) is 7.28. The van der Waals surface area contributed by atoms with Gasteiger partial charge < -0.3 is 10.6 Å². The van der Waals surface area contributed by atoms with Crippen molar-refractivity contribution in [3.63, 3.8) is 0 Å². The minimum absolute atomic E-state index is 0.0244. The molecule has 3 nitrogen and oxygen atoms in total. The van der Waals surface area contributed by atoms with Gasteiger partial charge in [-0.15, -0.1) is 0 Å². The van der Waals surface area contributed by atoms with Crippen LogP contribution in [0.25, 0.3) is 0 Å². The summed E-state index contributed by atoms with van der Waals surface area (Å²) in [6.07, 6.45) is 7.11. The van der Waals surface area contributed by atoms with Gasteiger partial charge in [-0.1, -0.05) is 11.6 Å². The van der Waals surface area contributed by atoms with Crippen molar-refractivity contribution in [1.82, 2.24) is 10.6 Å². The molecule has 0 aromatic heterocycles. The molecule has 1 atom stereocenters. The van der Waals surface area contributed by atoms with Gasteiger partial charge in [-0.2, -0.15) is 11.8 Å². The maximum atomic E-state index is 11.8. The van der Waals surface area contributed by atoms with Gasteiger partial charge in [-0.3, -0.25) is 4.79 Å². The van der Waals surface area contributed by atoms with Crippen LogP contribution in [0.2, 0.25) is 0 Å². The van der Waals surface area contributed by atoms with Crippen LogP contribution in [0.3, 0.4) is 0 Å². The quantitative estimate of drug-likeness (QED) is 0.728. The van der Waals surface area contributed by atoms with Crippen molar-refractivity contribution >= 4 is 17.7 Å². The fourth-order valence-corrected chi connectivity index (χ4v) is 3.10. The molecule has 2 rings (SSSR count). The molecule has 1 amide bonds. The number of hydrogen-bond donors (Lipinski definition) is 2. The zero-order chi connectivity index (χ0) is 11.2. The number of nitrogens with one attached hydrogen (secondary N) is 2. The van der Waals surface area contributed by atoms with Crippen molar-refractivity contribution in [3.05, 3.63) is 11.6 Å². The molecule has 1 aliphatic carbocycles. The van der Waals surface area contributed by atoms with Crippen LogP contribution in [-0.4, -0.2) is 36.5 Å². The molecule has 2 N–H and O–H groups in total. The third kappa shape index (κ3) is 3.52. The second-order valence-corrected chi connectivity index (χ2v) is 5.53. The average molecular weight is 240 g/mol. The highest BCUT2D eigenvalue weighted by Crippen LogP contribution is 2.19. The molecule has 1 saturated heterocycles. The minimum Gasteiger partial charge on any atom is -0.354 e. The van der Waals surface area contributed by atoms with E-state index in [9.17, 15) is 4.79 Å². The van der Waals surface area contributed by atoms with Crippen molar-refractivity contribution in [2.24, 2.45) is 0 Å². The number of thioether (sulfide) groups is 1. The van der Waals surface area contributed by atoms with Gasteiger partial charge in [0, 0.05) is 24.6 Å². The second kappa shape index (κ2) is 6.30. The molecule has 4 heteroatoms. The Kier molecular flexibility index (Phi) is 4.72. The number of carbonyl (C=O) groups is 1. The zero-order valence-corrected chi connectivity index (χ0v) is 10.4. The molecule has 0 radical (unpaired) electrons. The fraction of sp³-hybridized carbons (Fsp3) is 0.750. The van der Waals surface area contributed by atoms with Gasteiger partial charge in [0.15, 0.2) is 0 Å². The maximum Gasteiger partial charge on any atom is 0.238 e. The van der Waals surface area contributed by atoms with Crippen LogP contribution in [0.4, 0.5) is 0 Å². The van der Waals surface area contributed by atoms with Crippen LogP contribution in [-0.2, 0) is 4.79 Å². The highest BCUT2D eigenvalue weighted by molar-refractivity contribution is 7.99. The third-order valence-electron chi connectivity index (χ3n) is 3.12. The summed E-state index contributed by atoms with van der Waals surface area (Å²) >= 11 is 1.86. The Bertz CT molecular complexity index is 272. The van der Waals surface area contributed by atoms with Crippen LogP contribution < -0.4 is 10.6 Å². The van der Waals surface area contributed by atoms with Crippen molar-refractivity contribution in [1.29, 1.82) is 0 Å². The van der Waals surface area contributed by atoms with E-state index in [1.807, 2.05) is 11.8 Å². The third-order valence-corrected chi connectivity index (χ3v) is 4.18. The van der Waals surface area contributed by atoms with Gasteiger partial charge in [0.25, 0.3) is 0 Å². The molecule has 16 heavy (non-hydrogen) atoms. The number of rotatable bonds is 4. The summed E-state index contributed by atoms with van der Waals surface area (Å²) in [5, 5.41) is 6.27. The SMILES string of the molecule is O=C(NCCC1=CCCC1)C1CSCCN1. The highest BCUT2D eigenvalue weighted by Gasteiger charge is 2.20. The van der Waals surface area contributed by atoms with E-state index in [4.69, 9.17) is 0 Å². The summed E-state index contributed by atoms with van der Waals surface area (Å²) in [6.45, 7) is 1.75. The first-order valence-electron chi connectivity index (χ1n) is 6.13. The number of amides is 1. The minimum atomic E-state index is 0.0244. The van der Waals surface area contributed by atoms with Gasteiger partial charge >= 0.3 is 0 Å². The molecule has 0 spiro atoms. The van der Waals surface area contributed by atoms with E-state index in [0.717, 1.165) is 31.0 Å². The van der Waals surface area contributed by atoms with Crippen molar-refractivity contribution in [3.8, 4) is 0 Å². The van der Waals surface area contributed by atoms with Crippen LogP contribution in [0.5, 0.6) is 0 Å². The van der Waals surface area contributed by atoms with Crippen molar-refractivity contribution in [2.75, 3.05) is 24.6 Å². The Morgan fingerprint density at radius 2 is 2.56 bits per heavy atom. The monoisotopic (exact) mass is 240 g/mol. The summed E-state index contributed by atoms with van der Waals surface area (Å²) in [6, 6.07) is 0.0244. The number of hydrogen-bond acceptors (Lipinski definition) is 3. The molecule has 1 heterocycles. The predicted molar refractivity (Wildman–Crippen MR) is 68.7 cm³/mol. The van der Waals surface area contributed by atoms with E-state index in [-0.39, 0.29) is 11.9 Å². The Balaban J connectivity index is 1.63. The first-order chi connectivity index (χ1) is 7.86. The molecule has 90 valence electrons. The van der Waals surface area contributed by atoms with Gasteiger partial charge in [0.05, 0.1) is 6.04 Å². The van der Waals surface area contributed by atoms with Crippen LogP contribution in [0.15, 0.2) is 11.6 Å². The average Bonchev–Trinajstić information content (AvgIpc) is 2.83. The summed E-state index contributed by atoms with van der Waals surface area (Å²) in [7, 11) is 0. The van der Waals surface area contributed by atoms with Gasteiger partial charge in [0.1, 0.15) is 0 Å². The lowest BCUT2D eigenvalue weighted by molar-refractivity contribution is -0.122. The topological polar surface area (TPSA) is 41.1 Å². The lowest BCUT2D eigenvalue weighted by atomic mass is 10.1. The van der Waals surface area contributed by atoms with E-state index >= 15 is 0 Å². The van der Waals surface area contributed by atoms with E-state index in [1.165, 1.54) is 24.8 Å². The highest BCUT2D eigenvalue weighted by atomic mass is 32.2. The standard InChI is InChI=1S/C12H20N2OS/c15-12(11-9-16-8-7-13-11)14-6-5-10-3-1-2-4-10/h3,11,13H,1-2,4-9H2,(H,14,15). The molecule has 0 aromatic rings. The molecule has 1 aliphatic heterocycles. The molecule has 0 aromatic carbocycles. The van der Waals surface area contributed by atoms with Crippen LogP contribution in [0.1, 0.15) is 25.7 Å². The summed E-state index contributed by atoms with van der Waals surface area (Å²) in [4.78, 5) is 11.8. The lowest BCUT2D eigenvalue weighted by Crippen LogP contribution is -2.49. The largest absolute Gasteiger partial charge is 0.354 e. The van der Waals surface area contributed by atoms with E-state index in [2.05, 4.69) is 16.7 Å². The molecule has 1 unspecified atom stereocenters. The second-order valence-electron chi connectivity index (χ2n) is 4.38. The Morgan fingerprint density at radius 3 is 3.25 bits per heavy atom. The normalized spacial score (nSPS) is 25.2. The summed E-state index contributed by atoms with van der Waals surface area (Å²) in [5.74, 6) is 2.20. The number of allylic oxidation sites excluding steroid dienone is 1. The summed E-state index contributed by atoms with van der Waals surface area (Å²) in [5.41, 5.74) is 1.52. The lowest BCUT2D eigenvalue weighted by Gasteiger charge is -2.22. The van der Waals surface area contributed by atoms with Gasteiger partial charge in [-0.25, -0.2) is 0 Å². The van der Waals surface area contributed by atoms with Crippen molar-refractivity contribution in [2.45, 2.75) is 31.7 Å². The Labute approximate surface area is 101 Å². The van der Waals surface area contributed by atoms with E-state index < -0.39 is 0 Å². The van der Waals surface area contributed by atoms with Gasteiger partial charge in [0.2, 0.25) is 5.91 Å². The van der Waals surface area contributed by atoms with E-state index in [0.29, 0.717) is 0 Å². The molecule has 2 aliphatic rings. The molecular weight excluding hydrogens is 220 g/mol. The molecule has 0 bridgehead atoms. The van der Waals surface area contributed by atoms with Crippen LogP contribution in [0, 0.1) is 0 Å². The smallest absolute Gasteiger partial charge is 0.238 e. The van der Waals surface area contributed by atoms with E-state index in [1.54, 1.807) is 0 Å². The fourth-order valence-electron chi connectivity index (χ4n) is 2.17. The molecular formula is C12H20N2OS. The van der Waals surface area contributed by atoms with Crippen LogP contribution >= 0.6 is 11.8 Å².